The van der Waals surface area contributed by atoms with Crippen LogP contribution in [0.25, 0.3) is 0 Å². The molecule has 0 aromatic rings. The summed E-state index contributed by atoms with van der Waals surface area (Å²) in [7, 11) is 0. The molecule has 0 radical (unpaired) electrons. The van der Waals surface area contributed by atoms with Gasteiger partial charge in [-0.1, -0.05) is 26.8 Å². The number of carboxylic acid groups (broad SMARTS) is 1. The van der Waals surface area contributed by atoms with E-state index in [2.05, 4.69) is 6.58 Å². The highest BCUT2D eigenvalue weighted by Crippen LogP contribution is 2.48. The van der Waals surface area contributed by atoms with Gasteiger partial charge in [0.2, 0.25) is 0 Å². The number of aliphatic hydroxyl groups excluding tert-OH is 1. The maximum Gasteiger partial charge on any atom is 0.410 e. The number of carbonyl (C=O) groups is 1. The van der Waals surface area contributed by atoms with Crippen molar-refractivity contribution < 1.29 is 19.7 Å². The van der Waals surface area contributed by atoms with Gasteiger partial charge >= 0.3 is 6.09 Å². The van der Waals surface area contributed by atoms with Gasteiger partial charge in [0, 0.05) is 6.42 Å². The fourth-order valence-corrected chi connectivity index (χ4v) is 4.07. The number of hydrogen-bond donors (Lipinski definition) is 2. The second-order valence-corrected chi connectivity index (χ2v) is 7.87. The summed E-state index contributed by atoms with van der Waals surface area (Å²) in [4.78, 5) is 13.4. The van der Waals surface area contributed by atoms with Crippen LogP contribution in [-0.2, 0) is 4.74 Å². The molecular weight excluding hydrogens is 294 g/mol. The van der Waals surface area contributed by atoms with Gasteiger partial charge in [-0.15, -0.1) is 0 Å². The van der Waals surface area contributed by atoms with Crippen molar-refractivity contribution in [3.63, 3.8) is 0 Å². The summed E-state index contributed by atoms with van der Waals surface area (Å²) < 4.78 is 6.32. The zero-order chi connectivity index (χ0) is 17.4. The summed E-state index contributed by atoms with van der Waals surface area (Å²) in [6.45, 7) is 11.8. The van der Waals surface area contributed by atoms with Crippen LogP contribution in [0.4, 0.5) is 4.79 Å². The van der Waals surface area contributed by atoms with E-state index in [1.807, 2.05) is 27.7 Å². The summed E-state index contributed by atoms with van der Waals surface area (Å²) in [6, 6.07) is 0. The normalized spacial score (nSPS) is 27.4. The summed E-state index contributed by atoms with van der Waals surface area (Å²) >= 11 is 0. The van der Waals surface area contributed by atoms with E-state index >= 15 is 0 Å². The van der Waals surface area contributed by atoms with Gasteiger partial charge in [0.15, 0.2) is 0 Å². The topological polar surface area (TPSA) is 70.0 Å². The van der Waals surface area contributed by atoms with Crippen molar-refractivity contribution in [3.05, 3.63) is 12.2 Å². The van der Waals surface area contributed by atoms with E-state index in [9.17, 15) is 15.0 Å². The van der Waals surface area contributed by atoms with Crippen molar-refractivity contribution in [1.29, 1.82) is 0 Å². The lowest BCUT2D eigenvalue weighted by Gasteiger charge is -2.42. The maximum atomic E-state index is 11.9. The Morgan fingerprint density at radius 1 is 1.30 bits per heavy atom. The molecule has 0 bridgehead atoms. The molecule has 5 nitrogen and oxygen atoms in total. The largest absolute Gasteiger partial charge is 0.465 e. The van der Waals surface area contributed by atoms with Crippen molar-refractivity contribution in [2.24, 2.45) is 5.92 Å². The first-order valence-corrected chi connectivity index (χ1v) is 8.69. The van der Waals surface area contributed by atoms with Gasteiger partial charge in [-0.3, -0.25) is 4.90 Å². The quantitative estimate of drug-likeness (QED) is 0.772. The van der Waals surface area contributed by atoms with Gasteiger partial charge in [-0.25, -0.2) is 4.79 Å². The number of hydrogen-bond acceptors (Lipinski definition) is 3. The van der Waals surface area contributed by atoms with Crippen LogP contribution in [0.15, 0.2) is 12.2 Å². The minimum Gasteiger partial charge on any atom is -0.465 e. The Morgan fingerprint density at radius 2 is 1.87 bits per heavy atom. The molecule has 1 saturated heterocycles. The molecule has 0 aromatic carbocycles. The standard InChI is InChI=1S/C18H31NO4/c1-12(2)13(3)14(20)11-15-17(4,5)19(16(21)22)18(23-15)9-7-6-8-10-18/h12,14-15,20H,3,6-11H2,1-2,4-5H3,(H,21,22). The van der Waals surface area contributed by atoms with Gasteiger partial charge in [-0.2, -0.15) is 0 Å². The second kappa shape index (κ2) is 6.44. The molecular formula is C18H31NO4. The van der Waals surface area contributed by atoms with Crippen LogP contribution in [-0.4, -0.2) is 44.7 Å². The fourth-order valence-electron chi connectivity index (χ4n) is 4.07. The lowest BCUT2D eigenvalue weighted by molar-refractivity contribution is -0.121. The smallest absolute Gasteiger partial charge is 0.410 e. The number of amides is 1. The van der Waals surface area contributed by atoms with Crippen LogP contribution in [0.2, 0.25) is 0 Å². The first-order valence-electron chi connectivity index (χ1n) is 8.69. The zero-order valence-electron chi connectivity index (χ0n) is 14.8. The third-order valence-corrected chi connectivity index (χ3v) is 5.57. The molecule has 2 fully saturated rings. The van der Waals surface area contributed by atoms with E-state index < -0.39 is 23.5 Å². The lowest BCUT2D eigenvalue weighted by atomic mass is 9.86. The predicted molar refractivity (Wildman–Crippen MR) is 89.2 cm³/mol. The number of rotatable bonds is 4. The molecule has 2 aliphatic rings. The van der Waals surface area contributed by atoms with E-state index in [-0.39, 0.29) is 12.0 Å². The van der Waals surface area contributed by atoms with Crippen LogP contribution in [0.1, 0.15) is 66.2 Å². The van der Waals surface area contributed by atoms with Gasteiger partial charge in [-0.05, 0) is 51.0 Å². The molecule has 1 amide bonds. The molecule has 5 heteroatoms. The minimum atomic E-state index is -0.934. The number of aliphatic hydroxyl groups is 1. The summed E-state index contributed by atoms with van der Waals surface area (Å²) in [5.74, 6) is 0.189. The van der Waals surface area contributed by atoms with Crippen molar-refractivity contribution in [2.45, 2.75) is 89.7 Å². The monoisotopic (exact) mass is 325 g/mol. The molecule has 132 valence electrons. The number of ether oxygens (including phenoxy) is 1. The summed E-state index contributed by atoms with van der Waals surface area (Å²) in [6.07, 6.45) is 3.00. The third-order valence-electron chi connectivity index (χ3n) is 5.57. The van der Waals surface area contributed by atoms with Crippen molar-refractivity contribution in [2.75, 3.05) is 0 Å². The van der Waals surface area contributed by atoms with Crippen LogP contribution >= 0.6 is 0 Å². The Bertz CT molecular complexity index is 466. The van der Waals surface area contributed by atoms with E-state index in [0.717, 1.165) is 37.7 Å². The summed E-state index contributed by atoms with van der Waals surface area (Å²) in [5.41, 5.74) is -0.616. The van der Waals surface area contributed by atoms with Gasteiger partial charge in [0.1, 0.15) is 5.72 Å². The molecule has 1 heterocycles. The average Bonchev–Trinajstić information content (AvgIpc) is 2.65. The Morgan fingerprint density at radius 3 is 2.35 bits per heavy atom. The highest BCUT2D eigenvalue weighted by molar-refractivity contribution is 5.68. The van der Waals surface area contributed by atoms with Gasteiger partial charge in [0.05, 0.1) is 17.7 Å². The molecule has 2 N–H and O–H groups in total. The molecule has 0 aromatic heterocycles. The highest BCUT2D eigenvalue weighted by Gasteiger charge is 2.59. The minimum absolute atomic E-state index is 0.189. The average molecular weight is 325 g/mol. The van der Waals surface area contributed by atoms with Crippen LogP contribution < -0.4 is 0 Å². The Balaban J connectivity index is 2.24. The number of nitrogens with zero attached hydrogens (tertiary/aromatic N) is 1. The van der Waals surface area contributed by atoms with Gasteiger partial charge < -0.3 is 14.9 Å². The van der Waals surface area contributed by atoms with E-state index in [4.69, 9.17) is 4.74 Å². The molecule has 1 spiro atoms. The molecule has 2 atom stereocenters. The molecule has 23 heavy (non-hydrogen) atoms. The second-order valence-electron chi connectivity index (χ2n) is 7.87. The van der Waals surface area contributed by atoms with E-state index in [1.54, 1.807) is 0 Å². The fraction of sp³-hybridized carbons (Fsp3) is 0.833. The first-order chi connectivity index (χ1) is 10.6. The SMILES string of the molecule is C=C(C(C)C)C(O)CC1OC2(CCCCC2)N(C(=O)O)C1(C)C. The Hall–Kier alpha value is -1.07. The molecule has 1 aliphatic heterocycles. The van der Waals surface area contributed by atoms with Crippen LogP contribution in [0.3, 0.4) is 0 Å². The Kier molecular flexibility index (Phi) is 5.12. The van der Waals surface area contributed by atoms with E-state index in [1.165, 1.54) is 4.90 Å². The predicted octanol–water partition coefficient (Wildman–Crippen LogP) is 3.77. The van der Waals surface area contributed by atoms with Gasteiger partial charge in [0.25, 0.3) is 0 Å². The first kappa shape index (κ1) is 18.3. The molecule has 1 saturated carbocycles. The van der Waals surface area contributed by atoms with Crippen molar-refractivity contribution in [1.82, 2.24) is 4.90 Å². The van der Waals surface area contributed by atoms with E-state index in [0.29, 0.717) is 6.42 Å². The molecule has 2 rings (SSSR count). The molecule has 1 aliphatic carbocycles. The Labute approximate surface area is 139 Å². The lowest BCUT2D eigenvalue weighted by Crippen LogP contribution is -2.56. The maximum absolute atomic E-state index is 11.9. The zero-order valence-corrected chi connectivity index (χ0v) is 14.8. The van der Waals surface area contributed by atoms with Crippen LogP contribution in [0, 0.1) is 5.92 Å². The van der Waals surface area contributed by atoms with Crippen LogP contribution in [0.5, 0.6) is 0 Å². The van der Waals surface area contributed by atoms with Crippen molar-refractivity contribution in [3.8, 4) is 0 Å². The summed E-state index contributed by atoms with van der Waals surface area (Å²) in [5, 5.41) is 20.2. The third kappa shape index (κ3) is 3.26. The highest BCUT2D eigenvalue weighted by atomic mass is 16.6. The molecule has 2 unspecified atom stereocenters. The van der Waals surface area contributed by atoms with Crippen molar-refractivity contribution >= 4 is 6.09 Å².